The molecule has 0 bridgehead atoms. The van der Waals surface area contributed by atoms with E-state index in [1.165, 1.54) is 10.7 Å². The fraction of sp³-hybridized carbons (Fsp3) is 0.238. The fourth-order valence-corrected chi connectivity index (χ4v) is 3.74. The van der Waals surface area contributed by atoms with E-state index < -0.39 is 0 Å². The molecule has 0 atom stereocenters. The minimum Gasteiger partial charge on any atom is -0.378 e. The molecule has 2 aliphatic rings. The van der Waals surface area contributed by atoms with E-state index in [-0.39, 0.29) is 24.2 Å². The minimum atomic E-state index is -0.356. The fourth-order valence-electron chi connectivity index (χ4n) is 3.74. The molecule has 5 rings (SSSR count). The first kappa shape index (κ1) is 18.4. The standard InChI is InChI=1S/C21H18FN5O3/c22-18-11-15(5-6-19(18)25-7-9-30-10-8-25)27-13-14(23-24-27)12-26-20(28)16-3-1-2-4-17(16)21(26)29/h1-6,11,13H,7-10,12H2. The zero-order valence-electron chi connectivity index (χ0n) is 16.0. The Morgan fingerprint density at radius 2 is 1.70 bits per heavy atom. The molecule has 8 nitrogen and oxygen atoms in total. The number of halogens is 1. The molecule has 152 valence electrons. The number of imide groups is 1. The van der Waals surface area contributed by atoms with Gasteiger partial charge in [0.2, 0.25) is 0 Å². The number of morpholine rings is 1. The Morgan fingerprint density at radius 3 is 2.37 bits per heavy atom. The van der Waals surface area contributed by atoms with Gasteiger partial charge in [0.1, 0.15) is 11.5 Å². The van der Waals surface area contributed by atoms with Crippen LogP contribution in [0.4, 0.5) is 10.1 Å². The summed E-state index contributed by atoms with van der Waals surface area (Å²) in [5.41, 5.74) is 2.23. The number of hydrogen-bond acceptors (Lipinski definition) is 6. The Labute approximate surface area is 171 Å². The van der Waals surface area contributed by atoms with Crippen molar-refractivity contribution in [3.8, 4) is 5.69 Å². The van der Waals surface area contributed by atoms with E-state index in [0.29, 0.717) is 54.5 Å². The van der Waals surface area contributed by atoms with Crippen LogP contribution in [-0.4, -0.2) is 58.0 Å². The highest BCUT2D eigenvalue weighted by molar-refractivity contribution is 6.21. The van der Waals surface area contributed by atoms with Gasteiger partial charge in [0.05, 0.1) is 48.5 Å². The second kappa shape index (κ2) is 7.34. The average molecular weight is 407 g/mol. The molecule has 1 aromatic heterocycles. The molecule has 2 amide bonds. The highest BCUT2D eigenvalue weighted by atomic mass is 19.1. The third-order valence-electron chi connectivity index (χ3n) is 5.29. The van der Waals surface area contributed by atoms with Gasteiger partial charge in [0.25, 0.3) is 11.8 Å². The Balaban J connectivity index is 1.34. The summed E-state index contributed by atoms with van der Waals surface area (Å²) >= 11 is 0. The Hall–Kier alpha value is -3.59. The zero-order chi connectivity index (χ0) is 20.7. The molecule has 2 aliphatic heterocycles. The smallest absolute Gasteiger partial charge is 0.261 e. The lowest BCUT2D eigenvalue weighted by molar-refractivity contribution is 0.0640. The third-order valence-corrected chi connectivity index (χ3v) is 5.29. The maximum Gasteiger partial charge on any atom is 0.261 e. The number of nitrogens with zero attached hydrogens (tertiary/aromatic N) is 5. The molecule has 0 N–H and O–H groups in total. The van der Waals surface area contributed by atoms with Gasteiger partial charge >= 0.3 is 0 Å². The summed E-state index contributed by atoms with van der Waals surface area (Å²) in [5, 5.41) is 8.08. The van der Waals surface area contributed by atoms with Crippen LogP contribution in [0.5, 0.6) is 0 Å². The van der Waals surface area contributed by atoms with Gasteiger partial charge in [-0.25, -0.2) is 9.07 Å². The van der Waals surface area contributed by atoms with Crippen LogP contribution < -0.4 is 4.90 Å². The molecule has 9 heteroatoms. The predicted octanol–water partition coefficient (Wildman–Crippen LogP) is 2.04. The number of carbonyl (C=O) groups excluding carboxylic acids is 2. The summed E-state index contributed by atoms with van der Waals surface area (Å²) in [6.07, 6.45) is 1.59. The van der Waals surface area contributed by atoms with E-state index in [0.717, 1.165) is 4.90 Å². The quantitative estimate of drug-likeness (QED) is 0.616. The average Bonchev–Trinajstić information content (AvgIpc) is 3.34. The van der Waals surface area contributed by atoms with E-state index >= 15 is 0 Å². The van der Waals surface area contributed by atoms with Crippen LogP contribution in [-0.2, 0) is 11.3 Å². The van der Waals surface area contributed by atoms with Gasteiger partial charge in [0.15, 0.2) is 0 Å². The number of hydrogen-bond donors (Lipinski definition) is 0. The van der Waals surface area contributed by atoms with Gasteiger partial charge in [-0.1, -0.05) is 17.3 Å². The second-order valence-electron chi connectivity index (χ2n) is 7.13. The van der Waals surface area contributed by atoms with Crippen molar-refractivity contribution in [3.05, 3.63) is 71.3 Å². The molecular formula is C21H18FN5O3. The number of anilines is 1. The van der Waals surface area contributed by atoms with Gasteiger partial charge in [0, 0.05) is 19.2 Å². The van der Waals surface area contributed by atoms with Gasteiger partial charge in [-0.05, 0) is 24.3 Å². The van der Waals surface area contributed by atoms with Crippen LogP contribution in [0.3, 0.4) is 0 Å². The van der Waals surface area contributed by atoms with Crippen LogP contribution in [0.2, 0.25) is 0 Å². The Bertz CT molecular complexity index is 1100. The Morgan fingerprint density at radius 1 is 1.00 bits per heavy atom. The van der Waals surface area contributed by atoms with Gasteiger partial charge < -0.3 is 9.64 Å². The largest absolute Gasteiger partial charge is 0.378 e. The number of fused-ring (bicyclic) bond motifs is 1. The first-order valence-corrected chi connectivity index (χ1v) is 9.61. The van der Waals surface area contributed by atoms with E-state index in [4.69, 9.17) is 4.74 Å². The number of ether oxygens (including phenoxy) is 1. The zero-order valence-corrected chi connectivity index (χ0v) is 16.0. The summed E-state index contributed by atoms with van der Waals surface area (Å²) in [7, 11) is 0. The molecule has 2 aromatic carbocycles. The van der Waals surface area contributed by atoms with Crippen molar-refractivity contribution in [2.75, 3.05) is 31.2 Å². The van der Waals surface area contributed by atoms with E-state index in [2.05, 4.69) is 10.3 Å². The number of benzene rings is 2. The Kier molecular flexibility index (Phi) is 4.51. The molecule has 30 heavy (non-hydrogen) atoms. The SMILES string of the molecule is O=C1c2ccccc2C(=O)N1Cc1cn(-c2ccc(N3CCOCC3)c(F)c2)nn1. The molecule has 0 aliphatic carbocycles. The van der Waals surface area contributed by atoms with Crippen molar-refractivity contribution in [2.45, 2.75) is 6.54 Å². The topological polar surface area (TPSA) is 80.6 Å². The van der Waals surface area contributed by atoms with Crippen LogP contribution in [0.1, 0.15) is 26.4 Å². The van der Waals surface area contributed by atoms with Crippen molar-refractivity contribution >= 4 is 17.5 Å². The first-order chi connectivity index (χ1) is 14.6. The van der Waals surface area contributed by atoms with Crippen LogP contribution in [0.25, 0.3) is 5.69 Å². The van der Waals surface area contributed by atoms with Crippen molar-refractivity contribution < 1.29 is 18.7 Å². The summed E-state index contributed by atoms with van der Waals surface area (Å²) in [5.74, 6) is -1.07. The highest BCUT2D eigenvalue weighted by Gasteiger charge is 2.35. The molecule has 0 unspecified atom stereocenters. The van der Waals surface area contributed by atoms with Gasteiger partial charge in [-0.3, -0.25) is 14.5 Å². The number of amides is 2. The number of rotatable bonds is 4. The second-order valence-corrected chi connectivity index (χ2v) is 7.13. The monoisotopic (exact) mass is 407 g/mol. The lowest BCUT2D eigenvalue weighted by atomic mass is 10.1. The van der Waals surface area contributed by atoms with Crippen molar-refractivity contribution in [1.29, 1.82) is 0 Å². The molecule has 1 fully saturated rings. The molecule has 0 saturated carbocycles. The lowest BCUT2D eigenvalue weighted by Crippen LogP contribution is -2.36. The van der Waals surface area contributed by atoms with E-state index in [1.54, 1.807) is 42.6 Å². The molecule has 0 radical (unpaired) electrons. The third kappa shape index (κ3) is 3.13. The van der Waals surface area contributed by atoms with Gasteiger partial charge in [-0.15, -0.1) is 5.10 Å². The van der Waals surface area contributed by atoms with Crippen LogP contribution >= 0.6 is 0 Å². The van der Waals surface area contributed by atoms with E-state index in [9.17, 15) is 14.0 Å². The molecule has 3 aromatic rings. The van der Waals surface area contributed by atoms with Crippen molar-refractivity contribution in [3.63, 3.8) is 0 Å². The van der Waals surface area contributed by atoms with E-state index in [1.807, 2.05) is 4.90 Å². The highest BCUT2D eigenvalue weighted by Crippen LogP contribution is 2.25. The lowest BCUT2D eigenvalue weighted by Gasteiger charge is -2.29. The summed E-state index contributed by atoms with van der Waals surface area (Å²) in [6.45, 7) is 2.44. The van der Waals surface area contributed by atoms with Crippen LogP contribution in [0, 0.1) is 5.82 Å². The summed E-state index contributed by atoms with van der Waals surface area (Å²) < 4.78 is 21.4. The normalized spacial score (nSPS) is 16.3. The maximum absolute atomic E-state index is 14.7. The van der Waals surface area contributed by atoms with Crippen LogP contribution in [0.15, 0.2) is 48.7 Å². The number of aromatic nitrogens is 3. The van der Waals surface area contributed by atoms with Crippen molar-refractivity contribution in [2.24, 2.45) is 0 Å². The van der Waals surface area contributed by atoms with Crippen molar-refractivity contribution in [1.82, 2.24) is 19.9 Å². The predicted molar refractivity (Wildman–Crippen MR) is 105 cm³/mol. The van der Waals surface area contributed by atoms with Gasteiger partial charge in [-0.2, -0.15) is 0 Å². The number of carbonyl (C=O) groups is 2. The molecule has 0 spiro atoms. The summed E-state index contributed by atoms with van der Waals surface area (Å²) in [4.78, 5) is 28.1. The first-order valence-electron chi connectivity index (χ1n) is 9.61. The minimum absolute atomic E-state index is 0.000685. The molecular weight excluding hydrogens is 389 g/mol. The summed E-state index contributed by atoms with van der Waals surface area (Å²) in [6, 6.07) is 11.6. The molecule has 3 heterocycles. The molecule has 1 saturated heterocycles. The maximum atomic E-state index is 14.7.